The van der Waals surface area contributed by atoms with E-state index in [4.69, 9.17) is 0 Å². The van der Waals surface area contributed by atoms with Gasteiger partial charge < -0.3 is 10.6 Å². The van der Waals surface area contributed by atoms with Gasteiger partial charge in [0.2, 0.25) is 5.82 Å². The highest BCUT2D eigenvalue weighted by atomic mass is 127. The molecule has 112 valence electrons. The lowest BCUT2D eigenvalue weighted by molar-refractivity contribution is -0.144. The van der Waals surface area contributed by atoms with E-state index >= 15 is 0 Å². The summed E-state index contributed by atoms with van der Waals surface area (Å²) in [6.07, 6.45) is -4.59. The highest BCUT2D eigenvalue weighted by Crippen LogP contribution is 2.29. The van der Waals surface area contributed by atoms with Crippen LogP contribution in [0.25, 0.3) is 0 Å². The molecule has 0 amide bonds. The fraction of sp³-hybridized carbons (Fsp3) is 0.231. The summed E-state index contributed by atoms with van der Waals surface area (Å²) in [4.78, 5) is 6.98. The summed E-state index contributed by atoms with van der Waals surface area (Å²) in [7, 11) is 0. The molecule has 1 aromatic heterocycles. The average molecular weight is 408 g/mol. The number of hydrogen-bond acceptors (Lipinski definition) is 4. The third kappa shape index (κ3) is 4.45. The van der Waals surface area contributed by atoms with Crippen LogP contribution in [0.15, 0.2) is 30.3 Å². The fourth-order valence-electron chi connectivity index (χ4n) is 1.59. The van der Waals surface area contributed by atoms with Gasteiger partial charge in [0.15, 0.2) is 0 Å². The van der Waals surface area contributed by atoms with Crippen molar-refractivity contribution in [3.05, 3.63) is 39.7 Å². The summed E-state index contributed by atoms with van der Waals surface area (Å²) in [5.41, 5.74) is 0.657. The van der Waals surface area contributed by atoms with Gasteiger partial charge in [-0.2, -0.15) is 13.2 Å². The Hall–Kier alpha value is -1.58. The minimum absolute atomic E-state index is 0.0921. The molecule has 0 unspecified atom stereocenters. The lowest BCUT2D eigenvalue weighted by Crippen LogP contribution is -2.14. The monoisotopic (exact) mass is 408 g/mol. The lowest BCUT2D eigenvalue weighted by Gasteiger charge is -2.12. The van der Waals surface area contributed by atoms with Crippen LogP contribution < -0.4 is 10.6 Å². The number of rotatable bonds is 4. The highest BCUT2D eigenvalue weighted by molar-refractivity contribution is 14.1. The van der Waals surface area contributed by atoms with Crippen molar-refractivity contribution in [2.45, 2.75) is 13.1 Å². The first kappa shape index (κ1) is 15.8. The van der Waals surface area contributed by atoms with Crippen LogP contribution in [0.4, 0.5) is 30.5 Å². The van der Waals surface area contributed by atoms with Gasteiger partial charge in [-0.1, -0.05) is 0 Å². The van der Waals surface area contributed by atoms with Gasteiger partial charge in [0.25, 0.3) is 0 Å². The molecular formula is C13H12F3IN4. The molecule has 8 heteroatoms. The second-order valence-corrected chi connectivity index (χ2v) is 5.37. The maximum Gasteiger partial charge on any atom is 0.451 e. The number of nitrogens with one attached hydrogen (secondary N) is 2. The zero-order valence-corrected chi connectivity index (χ0v) is 13.2. The van der Waals surface area contributed by atoms with Gasteiger partial charge in [0.1, 0.15) is 11.6 Å². The number of anilines is 3. The first-order valence-corrected chi connectivity index (χ1v) is 7.19. The predicted octanol–water partition coefficient (Wildman–Crippen LogP) is 4.28. The number of benzene rings is 1. The van der Waals surface area contributed by atoms with Gasteiger partial charge in [0, 0.05) is 21.9 Å². The minimum atomic E-state index is -4.59. The van der Waals surface area contributed by atoms with Crippen LogP contribution in [-0.2, 0) is 6.18 Å². The maximum atomic E-state index is 12.8. The van der Waals surface area contributed by atoms with Crippen molar-refractivity contribution in [1.29, 1.82) is 0 Å². The van der Waals surface area contributed by atoms with E-state index in [1.165, 1.54) is 6.07 Å². The second-order valence-electron chi connectivity index (χ2n) is 4.12. The van der Waals surface area contributed by atoms with E-state index in [9.17, 15) is 13.2 Å². The molecule has 1 heterocycles. The van der Waals surface area contributed by atoms with Crippen LogP contribution in [0.1, 0.15) is 12.7 Å². The molecule has 0 bridgehead atoms. The lowest BCUT2D eigenvalue weighted by atomic mass is 10.3. The van der Waals surface area contributed by atoms with E-state index in [-0.39, 0.29) is 11.6 Å². The van der Waals surface area contributed by atoms with Crippen LogP contribution in [0, 0.1) is 3.57 Å². The first-order chi connectivity index (χ1) is 9.88. The summed E-state index contributed by atoms with van der Waals surface area (Å²) in [6.45, 7) is 2.25. The molecule has 0 saturated carbocycles. The summed E-state index contributed by atoms with van der Waals surface area (Å²) < 4.78 is 39.4. The molecule has 0 aliphatic carbocycles. The normalized spacial score (nSPS) is 11.3. The molecule has 0 aliphatic heterocycles. The van der Waals surface area contributed by atoms with Gasteiger partial charge >= 0.3 is 6.18 Å². The summed E-state index contributed by atoms with van der Waals surface area (Å²) in [6, 6.07) is 8.67. The van der Waals surface area contributed by atoms with Crippen molar-refractivity contribution in [3.63, 3.8) is 0 Å². The molecule has 4 nitrogen and oxygen atoms in total. The van der Waals surface area contributed by atoms with Gasteiger partial charge in [-0.25, -0.2) is 9.97 Å². The Labute approximate surface area is 133 Å². The standard InChI is InChI=1S/C13H12F3IN4/c1-2-18-10-7-11(21-12(20-10)13(14,15)16)19-9-5-3-8(17)4-6-9/h3-7H,2H2,1H3,(H2,18,19,20,21). The van der Waals surface area contributed by atoms with Crippen molar-refractivity contribution >= 4 is 39.9 Å². The van der Waals surface area contributed by atoms with Crippen molar-refractivity contribution in [1.82, 2.24) is 9.97 Å². The first-order valence-electron chi connectivity index (χ1n) is 6.11. The summed E-state index contributed by atoms with van der Waals surface area (Å²) in [5, 5.41) is 5.61. The van der Waals surface area contributed by atoms with Gasteiger partial charge in [-0.05, 0) is 53.8 Å². The fourth-order valence-corrected chi connectivity index (χ4v) is 1.95. The molecular weight excluding hydrogens is 396 g/mol. The van der Waals surface area contributed by atoms with E-state index < -0.39 is 12.0 Å². The maximum absolute atomic E-state index is 12.8. The molecule has 2 aromatic rings. The summed E-state index contributed by atoms with van der Waals surface area (Å²) >= 11 is 2.15. The molecule has 0 atom stereocenters. The number of aromatic nitrogens is 2. The number of halogens is 4. The quantitative estimate of drug-likeness (QED) is 0.742. The molecule has 0 aliphatic rings. The molecule has 0 fully saturated rings. The SMILES string of the molecule is CCNc1cc(Nc2ccc(I)cc2)nc(C(F)(F)F)n1. The average Bonchev–Trinajstić information content (AvgIpc) is 2.41. The van der Waals surface area contributed by atoms with E-state index in [2.05, 4.69) is 43.2 Å². The van der Waals surface area contributed by atoms with E-state index in [1.54, 1.807) is 19.1 Å². The van der Waals surface area contributed by atoms with Gasteiger partial charge in [-0.3, -0.25) is 0 Å². The Kier molecular flexibility index (Phi) is 4.86. The molecule has 0 spiro atoms. The zero-order valence-electron chi connectivity index (χ0n) is 11.0. The zero-order chi connectivity index (χ0) is 15.5. The number of nitrogens with zero attached hydrogens (tertiary/aromatic N) is 2. The smallest absolute Gasteiger partial charge is 0.370 e. The van der Waals surface area contributed by atoms with E-state index in [0.29, 0.717) is 12.2 Å². The van der Waals surface area contributed by atoms with Gasteiger partial charge in [-0.15, -0.1) is 0 Å². The molecule has 0 saturated heterocycles. The van der Waals surface area contributed by atoms with Crippen molar-refractivity contribution in [2.24, 2.45) is 0 Å². The largest absolute Gasteiger partial charge is 0.451 e. The molecule has 21 heavy (non-hydrogen) atoms. The van der Waals surface area contributed by atoms with Gasteiger partial charge in [0.05, 0.1) is 0 Å². The predicted molar refractivity (Wildman–Crippen MR) is 83.6 cm³/mol. The Morgan fingerprint density at radius 1 is 1.10 bits per heavy atom. The Morgan fingerprint density at radius 2 is 1.71 bits per heavy atom. The second kappa shape index (κ2) is 6.46. The van der Waals surface area contributed by atoms with E-state index in [1.807, 2.05) is 12.1 Å². The van der Waals surface area contributed by atoms with Crippen LogP contribution in [0.3, 0.4) is 0 Å². The minimum Gasteiger partial charge on any atom is -0.370 e. The third-order valence-corrected chi connectivity index (χ3v) is 3.17. The van der Waals surface area contributed by atoms with Crippen molar-refractivity contribution in [2.75, 3.05) is 17.2 Å². The van der Waals surface area contributed by atoms with Crippen LogP contribution in [0.5, 0.6) is 0 Å². The Morgan fingerprint density at radius 3 is 2.29 bits per heavy atom. The molecule has 0 radical (unpaired) electrons. The Bertz CT molecular complexity index is 614. The van der Waals surface area contributed by atoms with Crippen molar-refractivity contribution < 1.29 is 13.2 Å². The number of alkyl halides is 3. The van der Waals surface area contributed by atoms with Crippen LogP contribution in [0.2, 0.25) is 0 Å². The molecule has 2 rings (SSSR count). The number of hydrogen-bond donors (Lipinski definition) is 2. The van der Waals surface area contributed by atoms with Crippen molar-refractivity contribution in [3.8, 4) is 0 Å². The van der Waals surface area contributed by atoms with Crippen LogP contribution >= 0.6 is 22.6 Å². The highest BCUT2D eigenvalue weighted by Gasteiger charge is 2.35. The van der Waals surface area contributed by atoms with E-state index in [0.717, 1.165) is 3.57 Å². The van der Waals surface area contributed by atoms with Crippen LogP contribution in [-0.4, -0.2) is 16.5 Å². The topological polar surface area (TPSA) is 49.8 Å². The third-order valence-electron chi connectivity index (χ3n) is 2.45. The Balaban J connectivity index is 2.33. The molecule has 1 aromatic carbocycles. The summed E-state index contributed by atoms with van der Waals surface area (Å²) in [5.74, 6) is -0.948. The molecule has 2 N–H and O–H groups in total.